The molecule has 0 atom stereocenters. The molecule has 0 bridgehead atoms. The molecule has 1 rings (SSSR count). The average Bonchev–Trinajstić information content (AvgIpc) is 2.09. The van der Waals surface area contributed by atoms with Crippen molar-refractivity contribution in [3.8, 4) is 0 Å². The Kier molecular flexibility index (Phi) is 6.91. The molecule has 0 saturated carbocycles. The van der Waals surface area contributed by atoms with Gasteiger partial charge in [0.15, 0.2) is 0 Å². The van der Waals surface area contributed by atoms with Gasteiger partial charge in [-0.05, 0) is 17.6 Å². The SMILES string of the molecule is CCP(CC)c1ccccc1.[Ru+2]. The minimum atomic E-state index is 0. The van der Waals surface area contributed by atoms with Crippen molar-refractivity contribution in [2.45, 2.75) is 13.8 Å². The summed E-state index contributed by atoms with van der Waals surface area (Å²) in [4.78, 5) is 0. The Morgan fingerprint density at radius 3 is 1.92 bits per heavy atom. The van der Waals surface area contributed by atoms with Gasteiger partial charge in [0.25, 0.3) is 0 Å². The van der Waals surface area contributed by atoms with Gasteiger partial charge in [-0.3, -0.25) is 0 Å². The summed E-state index contributed by atoms with van der Waals surface area (Å²) in [5, 5.41) is 1.55. The van der Waals surface area contributed by atoms with Crippen LogP contribution in [0.3, 0.4) is 0 Å². The smallest absolute Gasteiger partial charge is 0.0759 e. The van der Waals surface area contributed by atoms with Gasteiger partial charge in [0, 0.05) is 0 Å². The zero-order chi connectivity index (χ0) is 8.10. The van der Waals surface area contributed by atoms with E-state index in [9.17, 15) is 0 Å². The maximum Gasteiger partial charge on any atom is 2.00 e. The molecule has 0 spiro atoms. The van der Waals surface area contributed by atoms with Gasteiger partial charge in [0.2, 0.25) is 0 Å². The molecule has 1 aromatic carbocycles. The maximum absolute atomic E-state index is 2.28. The molecule has 0 heterocycles. The van der Waals surface area contributed by atoms with Crippen LogP contribution in [0.4, 0.5) is 0 Å². The van der Waals surface area contributed by atoms with Crippen LogP contribution in [-0.2, 0) is 19.5 Å². The number of rotatable bonds is 3. The predicted molar refractivity (Wildman–Crippen MR) is 54.1 cm³/mol. The van der Waals surface area contributed by atoms with Crippen molar-refractivity contribution < 1.29 is 19.5 Å². The third-order valence-corrected chi connectivity index (χ3v) is 4.44. The normalized spacial score (nSPS) is 9.58. The van der Waals surface area contributed by atoms with Gasteiger partial charge in [-0.2, -0.15) is 0 Å². The molecular weight excluding hydrogens is 252 g/mol. The fraction of sp³-hybridized carbons (Fsp3) is 0.400. The Morgan fingerprint density at radius 1 is 1.00 bits per heavy atom. The Labute approximate surface area is 89.3 Å². The van der Waals surface area contributed by atoms with E-state index < -0.39 is 0 Å². The summed E-state index contributed by atoms with van der Waals surface area (Å²) in [6.07, 6.45) is 2.63. The molecule has 0 amide bonds. The molecule has 0 radical (unpaired) electrons. The van der Waals surface area contributed by atoms with E-state index in [1.165, 1.54) is 12.3 Å². The summed E-state index contributed by atoms with van der Waals surface area (Å²) in [5.41, 5.74) is 0. The molecular formula is C10H15PRu+2. The van der Waals surface area contributed by atoms with Crippen molar-refractivity contribution >= 4 is 13.2 Å². The summed E-state index contributed by atoms with van der Waals surface area (Å²) in [5.74, 6) is 0. The quantitative estimate of drug-likeness (QED) is 0.583. The molecule has 0 aliphatic heterocycles. The molecule has 66 valence electrons. The van der Waals surface area contributed by atoms with E-state index in [1.54, 1.807) is 5.30 Å². The van der Waals surface area contributed by atoms with Crippen LogP contribution in [0.2, 0.25) is 0 Å². The van der Waals surface area contributed by atoms with Crippen molar-refractivity contribution in [3.05, 3.63) is 30.3 Å². The largest absolute Gasteiger partial charge is 2.00 e. The van der Waals surface area contributed by atoms with E-state index in [-0.39, 0.29) is 27.4 Å². The van der Waals surface area contributed by atoms with Gasteiger partial charge in [-0.15, -0.1) is 0 Å². The summed E-state index contributed by atoms with van der Waals surface area (Å²) in [6.45, 7) is 4.56. The van der Waals surface area contributed by atoms with E-state index in [4.69, 9.17) is 0 Å². The minimum Gasteiger partial charge on any atom is -0.0759 e. The first kappa shape index (κ1) is 12.3. The summed E-state index contributed by atoms with van der Waals surface area (Å²) in [7, 11) is 0.149. The Bertz CT molecular complexity index is 194. The van der Waals surface area contributed by atoms with Gasteiger partial charge in [-0.25, -0.2) is 0 Å². The molecule has 0 fully saturated rings. The van der Waals surface area contributed by atoms with Crippen LogP contribution in [-0.4, -0.2) is 12.3 Å². The average molecular weight is 267 g/mol. The van der Waals surface area contributed by atoms with E-state index in [0.29, 0.717) is 0 Å². The van der Waals surface area contributed by atoms with Crippen molar-refractivity contribution in [3.63, 3.8) is 0 Å². The van der Waals surface area contributed by atoms with Crippen molar-refractivity contribution in [1.29, 1.82) is 0 Å². The second-order valence-electron chi connectivity index (χ2n) is 2.51. The Balaban J connectivity index is 0.00000121. The second-order valence-corrected chi connectivity index (χ2v) is 5.37. The molecule has 0 saturated heterocycles. The van der Waals surface area contributed by atoms with Crippen LogP contribution in [0, 0.1) is 0 Å². The molecule has 0 unspecified atom stereocenters. The van der Waals surface area contributed by atoms with Crippen LogP contribution in [0.1, 0.15) is 13.8 Å². The summed E-state index contributed by atoms with van der Waals surface area (Å²) in [6, 6.07) is 10.9. The molecule has 2 heteroatoms. The molecule has 0 N–H and O–H groups in total. The number of hydrogen-bond acceptors (Lipinski definition) is 0. The van der Waals surface area contributed by atoms with Crippen LogP contribution in [0.15, 0.2) is 30.3 Å². The van der Waals surface area contributed by atoms with Crippen molar-refractivity contribution in [1.82, 2.24) is 0 Å². The van der Waals surface area contributed by atoms with Crippen molar-refractivity contribution in [2.24, 2.45) is 0 Å². The first-order chi connectivity index (χ1) is 5.38. The summed E-state index contributed by atoms with van der Waals surface area (Å²) < 4.78 is 0. The fourth-order valence-electron chi connectivity index (χ4n) is 1.23. The maximum atomic E-state index is 2.28. The fourth-order valence-corrected chi connectivity index (χ4v) is 3.00. The van der Waals surface area contributed by atoms with E-state index in [2.05, 4.69) is 44.2 Å². The van der Waals surface area contributed by atoms with Gasteiger partial charge in [0.05, 0.1) is 0 Å². The topological polar surface area (TPSA) is 0 Å². The monoisotopic (exact) mass is 268 g/mol. The first-order valence-corrected chi connectivity index (χ1v) is 5.89. The standard InChI is InChI=1S/C10H15P.Ru/c1-3-11(4-2)10-8-6-5-7-9-10;/h5-9H,3-4H2,1-2H3;/q;+2. The third-order valence-electron chi connectivity index (χ3n) is 1.88. The molecule has 0 aromatic heterocycles. The van der Waals surface area contributed by atoms with Crippen molar-refractivity contribution in [2.75, 3.05) is 12.3 Å². The molecule has 0 aliphatic rings. The van der Waals surface area contributed by atoms with Crippen LogP contribution >= 0.6 is 7.92 Å². The minimum absolute atomic E-state index is 0. The zero-order valence-electron chi connectivity index (χ0n) is 7.60. The molecule has 12 heavy (non-hydrogen) atoms. The molecule has 0 aliphatic carbocycles. The van der Waals surface area contributed by atoms with Crippen LogP contribution in [0.5, 0.6) is 0 Å². The predicted octanol–water partition coefficient (Wildman–Crippen LogP) is 2.83. The molecule has 0 nitrogen and oxygen atoms in total. The van der Waals surface area contributed by atoms with E-state index >= 15 is 0 Å². The second kappa shape index (κ2) is 6.75. The van der Waals surface area contributed by atoms with Crippen LogP contribution < -0.4 is 5.30 Å². The van der Waals surface area contributed by atoms with Crippen LogP contribution in [0.25, 0.3) is 0 Å². The first-order valence-electron chi connectivity index (χ1n) is 4.18. The Morgan fingerprint density at radius 2 is 1.50 bits per heavy atom. The Hall–Kier alpha value is 0.273. The van der Waals surface area contributed by atoms with Gasteiger partial charge >= 0.3 is 19.5 Å². The zero-order valence-corrected chi connectivity index (χ0v) is 10.2. The summed E-state index contributed by atoms with van der Waals surface area (Å²) >= 11 is 0. The number of hydrogen-bond donors (Lipinski definition) is 0. The van der Waals surface area contributed by atoms with E-state index in [1.807, 2.05) is 0 Å². The van der Waals surface area contributed by atoms with Gasteiger partial charge in [0.1, 0.15) is 0 Å². The van der Waals surface area contributed by atoms with Gasteiger partial charge in [-0.1, -0.05) is 52.1 Å². The third kappa shape index (κ3) is 3.34. The van der Waals surface area contributed by atoms with Gasteiger partial charge < -0.3 is 0 Å². The molecule has 1 aromatic rings. The number of benzene rings is 1. The van der Waals surface area contributed by atoms with E-state index in [0.717, 1.165) is 0 Å².